The molecule has 0 heterocycles. The summed E-state index contributed by atoms with van der Waals surface area (Å²) < 4.78 is 0. The van der Waals surface area contributed by atoms with Gasteiger partial charge in [-0.05, 0) is 48.2 Å². The SMILES string of the molecule is CNC(C)(CC(C)N(C)C(C)C)C(N)=O. The van der Waals surface area contributed by atoms with Crippen LogP contribution in [0.4, 0.5) is 0 Å². The lowest BCUT2D eigenvalue weighted by atomic mass is 9.92. The number of nitrogens with two attached hydrogens (primary N) is 1. The van der Waals surface area contributed by atoms with Gasteiger partial charge in [0, 0.05) is 12.1 Å². The summed E-state index contributed by atoms with van der Waals surface area (Å²) in [7, 11) is 3.83. The third kappa shape index (κ3) is 3.80. The van der Waals surface area contributed by atoms with E-state index in [0.29, 0.717) is 18.5 Å². The van der Waals surface area contributed by atoms with E-state index in [9.17, 15) is 4.79 Å². The highest BCUT2D eigenvalue weighted by molar-refractivity contribution is 5.84. The van der Waals surface area contributed by atoms with Crippen molar-refractivity contribution in [1.29, 1.82) is 0 Å². The average Bonchev–Trinajstić information content (AvgIpc) is 2.15. The normalized spacial score (nSPS) is 17.9. The molecule has 1 amide bonds. The molecule has 0 saturated heterocycles. The molecule has 4 nitrogen and oxygen atoms in total. The fraction of sp³-hybridized carbons (Fsp3) is 0.909. The van der Waals surface area contributed by atoms with Gasteiger partial charge in [0.2, 0.25) is 5.91 Å². The second-order valence-electron chi connectivity index (χ2n) is 4.76. The number of nitrogens with zero attached hydrogens (tertiary/aromatic N) is 1. The summed E-state index contributed by atoms with van der Waals surface area (Å²) in [4.78, 5) is 13.6. The number of hydrogen-bond donors (Lipinski definition) is 2. The summed E-state index contributed by atoms with van der Waals surface area (Å²) in [5, 5.41) is 3.00. The van der Waals surface area contributed by atoms with Gasteiger partial charge >= 0.3 is 0 Å². The highest BCUT2D eigenvalue weighted by Crippen LogP contribution is 2.16. The Balaban J connectivity index is 4.49. The summed E-state index contributed by atoms with van der Waals surface area (Å²) in [5.74, 6) is -0.297. The van der Waals surface area contributed by atoms with Gasteiger partial charge in [-0.1, -0.05) is 0 Å². The Morgan fingerprint density at radius 1 is 1.47 bits per heavy atom. The van der Waals surface area contributed by atoms with Crippen LogP contribution in [0.1, 0.15) is 34.1 Å². The Bertz CT molecular complexity index is 218. The number of amides is 1. The van der Waals surface area contributed by atoms with Crippen LogP contribution in [0.3, 0.4) is 0 Å². The van der Waals surface area contributed by atoms with Crippen LogP contribution >= 0.6 is 0 Å². The maximum Gasteiger partial charge on any atom is 0.237 e. The molecule has 0 aliphatic rings. The topological polar surface area (TPSA) is 58.4 Å². The summed E-state index contributed by atoms with van der Waals surface area (Å²) in [6.07, 6.45) is 0.716. The van der Waals surface area contributed by atoms with E-state index < -0.39 is 5.54 Å². The quantitative estimate of drug-likeness (QED) is 0.681. The van der Waals surface area contributed by atoms with Gasteiger partial charge in [0.05, 0.1) is 5.54 Å². The van der Waals surface area contributed by atoms with Crippen LogP contribution in [0.25, 0.3) is 0 Å². The first-order valence-electron chi connectivity index (χ1n) is 5.45. The van der Waals surface area contributed by atoms with Gasteiger partial charge < -0.3 is 16.0 Å². The molecule has 90 valence electrons. The summed E-state index contributed by atoms with van der Waals surface area (Å²) >= 11 is 0. The fourth-order valence-electron chi connectivity index (χ4n) is 1.57. The van der Waals surface area contributed by atoms with E-state index in [4.69, 9.17) is 5.73 Å². The highest BCUT2D eigenvalue weighted by atomic mass is 16.1. The van der Waals surface area contributed by atoms with Gasteiger partial charge in [-0.15, -0.1) is 0 Å². The number of hydrogen-bond acceptors (Lipinski definition) is 3. The predicted octanol–water partition coefficient (Wildman–Crippen LogP) is 0.569. The van der Waals surface area contributed by atoms with Gasteiger partial charge in [0.25, 0.3) is 0 Å². The molecule has 0 aliphatic heterocycles. The van der Waals surface area contributed by atoms with Crippen molar-refractivity contribution in [3.05, 3.63) is 0 Å². The number of rotatable bonds is 6. The zero-order chi connectivity index (χ0) is 12.2. The van der Waals surface area contributed by atoms with Crippen molar-refractivity contribution in [2.45, 2.75) is 51.7 Å². The first kappa shape index (κ1) is 14.4. The van der Waals surface area contributed by atoms with E-state index in [1.54, 1.807) is 7.05 Å². The molecule has 0 spiro atoms. The zero-order valence-corrected chi connectivity index (χ0v) is 10.8. The van der Waals surface area contributed by atoms with E-state index in [1.807, 2.05) is 6.92 Å². The van der Waals surface area contributed by atoms with Crippen molar-refractivity contribution in [2.24, 2.45) is 5.73 Å². The monoisotopic (exact) mass is 215 g/mol. The number of nitrogens with one attached hydrogen (secondary N) is 1. The molecule has 0 saturated carbocycles. The first-order valence-corrected chi connectivity index (χ1v) is 5.45. The Hall–Kier alpha value is -0.610. The molecule has 15 heavy (non-hydrogen) atoms. The Labute approximate surface area is 93.2 Å². The number of primary amides is 1. The van der Waals surface area contributed by atoms with Crippen molar-refractivity contribution < 1.29 is 4.79 Å². The third-order valence-corrected chi connectivity index (χ3v) is 3.31. The molecule has 0 radical (unpaired) electrons. The minimum absolute atomic E-state index is 0.297. The predicted molar refractivity (Wildman–Crippen MR) is 63.6 cm³/mol. The maximum atomic E-state index is 11.3. The molecule has 0 rings (SSSR count). The number of likely N-dealkylation sites (N-methyl/N-ethyl adjacent to an activating group) is 1. The molecule has 3 N–H and O–H groups in total. The molecule has 0 aliphatic carbocycles. The van der Waals surface area contributed by atoms with Crippen LogP contribution in [-0.2, 0) is 4.79 Å². The molecule has 0 aromatic heterocycles. The molecular formula is C11H25N3O. The van der Waals surface area contributed by atoms with Gasteiger partial charge in [-0.3, -0.25) is 4.79 Å². The van der Waals surface area contributed by atoms with Crippen LogP contribution in [0.5, 0.6) is 0 Å². The van der Waals surface area contributed by atoms with E-state index in [0.717, 1.165) is 0 Å². The van der Waals surface area contributed by atoms with Crippen molar-refractivity contribution in [2.75, 3.05) is 14.1 Å². The van der Waals surface area contributed by atoms with Crippen molar-refractivity contribution >= 4 is 5.91 Å². The Morgan fingerprint density at radius 3 is 2.20 bits per heavy atom. The summed E-state index contributed by atoms with van der Waals surface area (Å²) in [5.41, 5.74) is 4.76. The van der Waals surface area contributed by atoms with Gasteiger partial charge in [0.1, 0.15) is 0 Å². The second kappa shape index (κ2) is 5.47. The first-order chi connectivity index (χ1) is 6.74. The van der Waals surface area contributed by atoms with Gasteiger partial charge in [-0.25, -0.2) is 0 Å². The largest absolute Gasteiger partial charge is 0.368 e. The molecular weight excluding hydrogens is 190 g/mol. The summed E-state index contributed by atoms with van der Waals surface area (Å²) in [6.45, 7) is 8.23. The molecule has 0 fully saturated rings. The summed E-state index contributed by atoms with van der Waals surface area (Å²) in [6, 6.07) is 0.781. The molecule has 0 aromatic carbocycles. The van der Waals surface area contributed by atoms with Crippen LogP contribution in [0, 0.1) is 0 Å². The molecule has 2 unspecified atom stereocenters. The standard InChI is InChI=1S/C11H25N3O/c1-8(2)14(6)9(3)7-11(4,13-5)10(12)15/h8-9,13H,7H2,1-6H3,(H2,12,15). The van der Waals surface area contributed by atoms with E-state index in [-0.39, 0.29) is 5.91 Å². The maximum absolute atomic E-state index is 11.3. The van der Waals surface area contributed by atoms with Crippen LogP contribution in [-0.4, -0.2) is 42.5 Å². The fourth-order valence-corrected chi connectivity index (χ4v) is 1.57. The van der Waals surface area contributed by atoms with Crippen LogP contribution < -0.4 is 11.1 Å². The van der Waals surface area contributed by atoms with E-state index in [1.165, 1.54) is 0 Å². The Morgan fingerprint density at radius 2 is 1.93 bits per heavy atom. The van der Waals surface area contributed by atoms with Crippen molar-refractivity contribution in [1.82, 2.24) is 10.2 Å². The highest BCUT2D eigenvalue weighted by Gasteiger charge is 2.32. The number of carbonyl (C=O) groups is 1. The van der Waals surface area contributed by atoms with Crippen molar-refractivity contribution in [3.8, 4) is 0 Å². The van der Waals surface area contributed by atoms with Crippen molar-refractivity contribution in [3.63, 3.8) is 0 Å². The number of carbonyl (C=O) groups excluding carboxylic acids is 1. The van der Waals surface area contributed by atoms with Crippen LogP contribution in [0.15, 0.2) is 0 Å². The molecule has 0 aromatic rings. The Kier molecular flexibility index (Phi) is 5.24. The lowest BCUT2D eigenvalue weighted by Crippen LogP contribution is -2.55. The molecule has 0 bridgehead atoms. The van der Waals surface area contributed by atoms with Gasteiger partial charge in [-0.2, -0.15) is 0 Å². The minimum atomic E-state index is -0.622. The smallest absolute Gasteiger partial charge is 0.237 e. The molecule has 4 heteroatoms. The van der Waals surface area contributed by atoms with E-state index in [2.05, 4.69) is 38.0 Å². The van der Waals surface area contributed by atoms with E-state index >= 15 is 0 Å². The minimum Gasteiger partial charge on any atom is -0.368 e. The van der Waals surface area contributed by atoms with Crippen LogP contribution in [0.2, 0.25) is 0 Å². The molecule has 2 atom stereocenters. The average molecular weight is 215 g/mol. The third-order valence-electron chi connectivity index (χ3n) is 3.31. The second-order valence-corrected chi connectivity index (χ2v) is 4.76. The zero-order valence-electron chi connectivity index (χ0n) is 10.8. The lowest BCUT2D eigenvalue weighted by molar-refractivity contribution is -0.124. The van der Waals surface area contributed by atoms with Gasteiger partial charge in [0.15, 0.2) is 0 Å². The lowest BCUT2D eigenvalue weighted by Gasteiger charge is -2.35.